The van der Waals surface area contributed by atoms with Crippen molar-refractivity contribution < 1.29 is 14.6 Å². The maximum atomic E-state index is 11.9. The van der Waals surface area contributed by atoms with Gasteiger partial charge in [0.2, 0.25) is 5.91 Å². The number of alkyl halides is 1. The van der Waals surface area contributed by atoms with E-state index in [4.69, 9.17) is 4.74 Å². The van der Waals surface area contributed by atoms with Gasteiger partial charge in [0.25, 0.3) is 0 Å². The summed E-state index contributed by atoms with van der Waals surface area (Å²) in [6.07, 6.45) is 1.18. The molecule has 1 rings (SSSR count). The molecule has 0 bridgehead atoms. The first kappa shape index (κ1) is 13.9. The first-order valence-corrected chi connectivity index (χ1v) is 6.28. The largest absolute Gasteiger partial charge is 0.388 e. The molecule has 0 saturated carbocycles. The Labute approximate surface area is 105 Å². The van der Waals surface area contributed by atoms with Gasteiger partial charge < -0.3 is 14.7 Å². The third kappa shape index (κ3) is 3.71. The molecule has 0 radical (unpaired) electrons. The van der Waals surface area contributed by atoms with Crippen molar-refractivity contribution in [2.24, 2.45) is 0 Å². The summed E-state index contributed by atoms with van der Waals surface area (Å²) < 4.78 is 4.62. The number of amides is 1. The van der Waals surface area contributed by atoms with E-state index in [-0.39, 0.29) is 5.91 Å². The van der Waals surface area contributed by atoms with Gasteiger partial charge in [0.15, 0.2) is 0 Å². The Balaban J connectivity index is 2.56. The number of likely N-dealkylation sites (N-methyl/N-ethyl adjacent to an activating group) is 1. The van der Waals surface area contributed by atoms with Crippen molar-refractivity contribution in [3.05, 3.63) is 0 Å². The number of nitrogens with zero attached hydrogens (tertiary/aromatic N) is 1. The maximum Gasteiger partial charge on any atom is 0.238 e. The zero-order chi connectivity index (χ0) is 12.4. The van der Waals surface area contributed by atoms with Crippen LogP contribution in [0.1, 0.15) is 26.7 Å². The molecule has 1 saturated heterocycles. The Kier molecular flexibility index (Phi) is 4.37. The van der Waals surface area contributed by atoms with Crippen LogP contribution in [0.3, 0.4) is 0 Å². The molecule has 0 atom stereocenters. The van der Waals surface area contributed by atoms with E-state index in [1.165, 1.54) is 0 Å². The van der Waals surface area contributed by atoms with Crippen LogP contribution >= 0.6 is 15.9 Å². The molecule has 0 aromatic heterocycles. The van der Waals surface area contributed by atoms with Crippen LogP contribution in [-0.4, -0.2) is 52.6 Å². The average molecular weight is 294 g/mol. The molecule has 1 aliphatic heterocycles. The second kappa shape index (κ2) is 5.02. The van der Waals surface area contributed by atoms with Crippen LogP contribution in [-0.2, 0) is 9.53 Å². The molecule has 4 nitrogen and oxygen atoms in total. The van der Waals surface area contributed by atoms with Crippen LogP contribution in [0, 0.1) is 0 Å². The quantitative estimate of drug-likeness (QED) is 0.795. The number of halogens is 1. The molecule has 0 unspecified atom stereocenters. The predicted octanol–water partition coefficient (Wildman–Crippen LogP) is 1.16. The fraction of sp³-hybridized carbons (Fsp3) is 0.909. The number of rotatable bonds is 3. The monoisotopic (exact) mass is 293 g/mol. The predicted molar refractivity (Wildman–Crippen MR) is 65.6 cm³/mol. The minimum absolute atomic E-state index is 0.0209. The summed E-state index contributed by atoms with van der Waals surface area (Å²) in [4.78, 5) is 13.5. The summed E-state index contributed by atoms with van der Waals surface area (Å²) in [5.41, 5.74) is -0.791. The first-order valence-electron chi connectivity index (χ1n) is 5.49. The van der Waals surface area contributed by atoms with Crippen LogP contribution in [0.25, 0.3) is 0 Å². The molecule has 1 aliphatic rings. The summed E-state index contributed by atoms with van der Waals surface area (Å²) >= 11 is 3.33. The van der Waals surface area contributed by atoms with Crippen molar-refractivity contribution in [2.75, 3.05) is 26.8 Å². The highest BCUT2D eigenvalue weighted by Gasteiger charge is 2.35. The summed E-state index contributed by atoms with van der Waals surface area (Å²) in [5.74, 6) is -0.0209. The molecule has 1 N–H and O–H groups in total. The van der Waals surface area contributed by atoms with Crippen molar-refractivity contribution in [2.45, 2.75) is 36.6 Å². The zero-order valence-electron chi connectivity index (χ0n) is 10.1. The molecule has 1 fully saturated rings. The molecule has 16 heavy (non-hydrogen) atoms. The normalized spacial score (nSPS) is 20.6. The molecular weight excluding hydrogens is 274 g/mol. The van der Waals surface area contributed by atoms with E-state index in [0.29, 0.717) is 32.6 Å². The van der Waals surface area contributed by atoms with Gasteiger partial charge in [-0.2, -0.15) is 0 Å². The number of hydrogen-bond acceptors (Lipinski definition) is 3. The summed E-state index contributed by atoms with van der Waals surface area (Å²) in [7, 11) is 1.72. The lowest BCUT2D eigenvalue weighted by molar-refractivity contribution is -0.138. The second-order valence-corrected chi connectivity index (χ2v) is 6.95. The third-order valence-corrected chi connectivity index (χ3v) is 3.15. The topological polar surface area (TPSA) is 49.8 Å². The fourth-order valence-corrected chi connectivity index (χ4v) is 2.18. The molecule has 1 amide bonds. The van der Waals surface area contributed by atoms with Gasteiger partial charge in [-0.15, -0.1) is 0 Å². The van der Waals surface area contributed by atoms with Gasteiger partial charge in [0.1, 0.15) is 0 Å². The van der Waals surface area contributed by atoms with Crippen molar-refractivity contribution in [1.29, 1.82) is 0 Å². The molecule has 0 spiro atoms. The molecule has 0 aromatic carbocycles. The van der Waals surface area contributed by atoms with Gasteiger partial charge in [-0.1, -0.05) is 15.9 Å². The molecule has 1 heterocycles. The van der Waals surface area contributed by atoms with Crippen molar-refractivity contribution in [1.82, 2.24) is 4.90 Å². The summed E-state index contributed by atoms with van der Waals surface area (Å²) in [6, 6.07) is 0. The lowest BCUT2D eigenvalue weighted by atomic mass is 9.93. The summed E-state index contributed by atoms with van der Waals surface area (Å²) in [5, 5.41) is 10.3. The third-order valence-electron chi connectivity index (χ3n) is 2.81. The molecule has 5 heteroatoms. The highest BCUT2D eigenvalue weighted by atomic mass is 79.9. The van der Waals surface area contributed by atoms with Crippen molar-refractivity contribution in [3.8, 4) is 0 Å². The van der Waals surface area contributed by atoms with Crippen LogP contribution in [0.5, 0.6) is 0 Å². The molecular formula is C11H20BrNO3. The average Bonchev–Trinajstić information content (AvgIpc) is 2.15. The number of aliphatic hydroxyl groups is 1. The number of carbonyl (C=O) groups excluding carboxylic acids is 1. The Bertz CT molecular complexity index is 256. The number of carbonyl (C=O) groups is 1. The maximum absolute atomic E-state index is 11.9. The van der Waals surface area contributed by atoms with E-state index in [0.717, 1.165) is 0 Å². The zero-order valence-corrected chi connectivity index (χ0v) is 11.7. The highest BCUT2D eigenvalue weighted by molar-refractivity contribution is 9.10. The Morgan fingerprint density at radius 2 is 2.00 bits per heavy atom. The Morgan fingerprint density at radius 1 is 1.50 bits per heavy atom. The van der Waals surface area contributed by atoms with E-state index in [2.05, 4.69) is 15.9 Å². The van der Waals surface area contributed by atoms with Crippen molar-refractivity contribution in [3.63, 3.8) is 0 Å². The van der Waals surface area contributed by atoms with Gasteiger partial charge in [-0.25, -0.2) is 0 Å². The smallest absolute Gasteiger partial charge is 0.238 e. The number of hydrogen-bond donors (Lipinski definition) is 1. The number of ether oxygens (including phenoxy) is 1. The SMILES string of the molecule is CN(CC1(O)CCOCC1)C(=O)C(C)(C)Br. The lowest BCUT2D eigenvalue weighted by Gasteiger charge is -2.36. The van der Waals surface area contributed by atoms with E-state index >= 15 is 0 Å². The Morgan fingerprint density at radius 3 is 2.44 bits per heavy atom. The minimum Gasteiger partial charge on any atom is -0.388 e. The van der Waals surface area contributed by atoms with Gasteiger partial charge in [-0.3, -0.25) is 4.79 Å². The lowest BCUT2D eigenvalue weighted by Crippen LogP contribution is -2.50. The van der Waals surface area contributed by atoms with Gasteiger partial charge in [0.05, 0.1) is 9.93 Å². The minimum atomic E-state index is -0.791. The van der Waals surface area contributed by atoms with Crippen LogP contribution < -0.4 is 0 Å². The highest BCUT2D eigenvalue weighted by Crippen LogP contribution is 2.24. The van der Waals surface area contributed by atoms with Crippen molar-refractivity contribution >= 4 is 21.8 Å². The van der Waals surface area contributed by atoms with Gasteiger partial charge in [0, 0.05) is 39.6 Å². The van der Waals surface area contributed by atoms with Gasteiger partial charge >= 0.3 is 0 Å². The second-order valence-electron chi connectivity index (χ2n) is 4.97. The molecule has 0 aliphatic carbocycles. The first-order chi connectivity index (χ1) is 7.25. The Hall–Kier alpha value is -0.130. The van der Waals surface area contributed by atoms with E-state index in [9.17, 15) is 9.90 Å². The standard InChI is InChI=1S/C11H20BrNO3/c1-10(2,12)9(14)13(3)8-11(15)4-6-16-7-5-11/h15H,4-8H2,1-3H3. The van der Waals surface area contributed by atoms with E-state index in [1.807, 2.05) is 0 Å². The van der Waals surface area contributed by atoms with Crippen LogP contribution in [0.15, 0.2) is 0 Å². The van der Waals surface area contributed by atoms with Crippen LogP contribution in [0.4, 0.5) is 0 Å². The molecule has 94 valence electrons. The molecule has 0 aromatic rings. The van der Waals surface area contributed by atoms with Crippen LogP contribution in [0.2, 0.25) is 0 Å². The fourth-order valence-electron chi connectivity index (χ4n) is 1.88. The van der Waals surface area contributed by atoms with E-state index < -0.39 is 9.93 Å². The summed E-state index contributed by atoms with van der Waals surface area (Å²) in [6.45, 7) is 5.11. The van der Waals surface area contributed by atoms with E-state index in [1.54, 1.807) is 25.8 Å². The van der Waals surface area contributed by atoms with Gasteiger partial charge in [-0.05, 0) is 13.8 Å².